The Morgan fingerprint density at radius 2 is 1.84 bits per heavy atom. The number of H-pyrrole nitrogens is 1. The second-order valence-electron chi connectivity index (χ2n) is 12.1. The third-order valence-electron chi connectivity index (χ3n) is 8.95. The summed E-state index contributed by atoms with van der Waals surface area (Å²) < 4.78 is 20.2. The number of carbonyl (C=O) groups is 1. The molecule has 1 fully saturated rings. The van der Waals surface area contributed by atoms with Crippen molar-refractivity contribution in [3.63, 3.8) is 0 Å². The standard InChI is InChI=1S/C35H36ClN5O4/c1-19(2)32(37)34(42)40-11-5-6-29(40)33-38-18-27(39-33)20-7-9-26-30-15-21-12-23(36)8-10-28(21)41(30)35(45-31(26)16-20)22-13-24(43-3)17-25(14-22)44-4/h7-10,12-19,29,32,35H,5-6,11,37H2,1-4H3,(H,38,39). The monoisotopic (exact) mass is 625 g/mol. The maximum Gasteiger partial charge on any atom is 0.240 e. The number of nitrogens with two attached hydrogens (primary N) is 1. The molecule has 0 saturated carbocycles. The number of rotatable bonds is 7. The molecule has 1 saturated heterocycles. The topological polar surface area (TPSA) is 108 Å². The van der Waals surface area contributed by atoms with Crippen molar-refractivity contribution in [3.05, 3.63) is 83.3 Å². The molecule has 2 aliphatic rings. The van der Waals surface area contributed by atoms with Gasteiger partial charge in [0.2, 0.25) is 12.1 Å². The molecule has 3 unspecified atom stereocenters. The van der Waals surface area contributed by atoms with Crippen LogP contribution in [0.1, 0.15) is 50.3 Å². The summed E-state index contributed by atoms with van der Waals surface area (Å²) >= 11 is 6.40. The molecule has 4 heterocycles. The molecule has 0 radical (unpaired) electrons. The fourth-order valence-electron chi connectivity index (χ4n) is 6.47. The maximum atomic E-state index is 13.1. The van der Waals surface area contributed by atoms with Crippen molar-refractivity contribution in [1.82, 2.24) is 19.4 Å². The number of ether oxygens (including phenoxy) is 3. The molecular formula is C35H36ClN5O4. The van der Waals surface area contributed by atoms with Crippen LogP contribution in [-0.4, -0.2) is 52.1 Å². The lowest BCUT2D eigenvalue weighted by Crippen LogP contribution is -2.46. The van der Waals surface area contributed by atoms with Gasteiger partial charge in [0.1, 0.15) is 23.1 Å². The van der Waals surface area contributed by atoms with Crippen LogP contribution >= 0.6 is 11.6 Å². The number of hydrogen-bond acceptors (Lipinski definition) is 6. The highest BCUT2D eigenvalue weighted by Crippen LogP contribution is 2.46. The van der Waals surface area contributed by atoms with Gasteiger partial charge in [0, 0.05) is 39.7 Å². The first-order valence-electron chi connectivity index (χ1n) is 15.2. The molecule has 3 atom stereocenters. The van der Waals surface area contributed by atoms with Crippen LogP contribution < -0.4 is 19.9 Å². The van der Waals surface area contributed by atoms with Gasteiger partial charge < -0.3 is 34.4 Å². The minimum absolute atomic E-state index is 0.0236. The Hall–Kier alpha value is -4.47. The normalized spacial score (nSPS) is 18.1. The lowest BCUT2D eigenvalue weighted by Gasteiger charge is -2.31. The largest absolute Gasteiger partial charge is 0.497 e. The second kappa shape index (κ2) is 11.5. The molecule has 5 aromatic rings. The van der Waals surface area contributed by atoms with Crippen LogP contribution in [0.15, 0.2) is 66.9 Å². The molecule has 3 aromatic carbocycles. The first-order chi connectivity index (χ1) is 21.7. The third-order valence-corrected chi connectivity index (χ3v) is 9.19. The zero-order valence-electron chi connectivity index (χ0n) is 25.7. The summed E-state index contributed by atoms with van der Waals surface area (Å²) in [6, 6.07) is 19.3. The SMILES string of the molecule is COc1cc(OC)cc(C2Oc3cc(-c4cnc(C5CCCN5C(=O)C(N)C(C)C)[nH]4)ccc3-c3cc4cc(Cl)ccc4n32)c1. The van der Waals surface area contributed by atoms with E-state index in [0.29, 0.717) is 23.1 Å². The van der Waals surface area contributed by atoms with Crippen molar-refractivity contribution in [2.75, 3.05) is 20.8 Å². The molecule has 0 aliphatic carbocycles. The van der Waals surface area contributed by atoms with Crippen molar-refractivity contribution in [3.8, 4) is 39.8 Å². The fraction of sp³-hybridized carbons (Fsp3) is 0.314. The van der Waals surface area contributed by atoms with Crippen LogP contribution in [0.4, 0.5) is 0 Å². The zero-order chi connectivity index (χ0) is 31.4. The molecule has 1 amide bonds. The van der Waals surface area contributed by atoms with Gasteiger partial charge in [-0.15, -0.1) is 0 Å². The molecule has 0 bridgehead atoms. The molecule has 0 spiro atoms. The number of fused-ring (bicyclic) bond motifs is 5. The Morgan fingerprint density at radius 3 is 2.58 bits per heavy atom. The van der Waals surface area contributed by atoms with Gasteiger partial charge >= 0.3 is 0 Å². The van der Waals surface area contributed by atoms with E-state index >= 15 is 0 Å². The quantitative estimate of drug-likeness (QED) is 0.203. The van der Waals surface area contributed by atoms with Crippen LogP contribution in [0.5, 0.6) is 17.2 Å². The number of nitrogens with one attached hydrogen (secondary N) is 1. The molecule has 7 rings (SSSR count). The van der Waals surface area contributed by atoms with Gasteiger partial charge in [-0.2, -0.15) is 0 Å². The van der Waals surface area contributed by atoms with E-state index in [2.05, 4.69) is 27.8 Å². The number of imidazole rings is 1. The average molecular weight is 626 g/mol. The Kier molecular flexibility index (Phi) is 7.46. The van der Waals surface area contributed by atoms with Crippen molar-refractivity contribution in [1.29, 1.82) is 0 Å². The van der Waals surface area contributed by atoms with E-state index in [1.165, 1.54) is 0 Å². The molecule has 232 valence electrons. The Bertz CT molecular complexity index is 1890. The average Bonchev–Trinajstić information content (AvgIpc) is 3.81. The van der Waals surface area contributed by atoms with Crippen molar-refractivity contribution in [2.24, 2.45) is 11.7 Å². The van der Waals surface area contributed by atoms with Crippen LogP contribution in [0, 0.1) is 5.92 Å². The maximum absolute atomic E-state index is 13.1. The highest BCUT2D eigenvalue weighted by Gasteiger charge is 2.35. The lowest BCUT2D eigenvalue weighted by atomic mass is 10.0. The number of carbonyl (C=O) groups excluding carboxylic acids is 1. The van der Waals surface area contributed by atoms with E-state index in [1.807, 2.05) is 67.4 Å². The predicted molar refractivity (Wildman–Crippen MR) is 175 cm³/mol. The molecule has 9 nitrogen and oxygen atoms in total. The fourth-order valence-corrected chi connectivity index (χ4v) is 6.65. The van der Waals surface area contributed by atoms with E-state index in [4.69, 9.17) is 36.5 Å². The van der Waals surface area contributed by atoms with Gasteiger partial charge in [0.25, 0.3) is 0 Å². The predicted octanol–water partition coefficient (Wildman–Crippen LogP) is 6.96. The zero-order valence-corrected chi connectivity index (χ0v) is 26.5. The summed E-state index contributed by atoms with van der Waals surface area (Å²) in [5.41, 5.74) is 11.9. The van der Waals surface area contributed by atoms with Gasteiger partial charge in [-0.05, 0) is 67.3 Å². The van der Waals surface area contributed by atoms with Gasteiger partial charge in [0.05, 0.1) is 49.4 Å². The minimum Gasteiger partial charge on any atom is -0.497 e. The van der Waals surface area contributed by atoms with Gasteiger partial charge in [-0.3, -0.25) is 4.79 Å². The number of nitrogens with zero attached hydrogens (tertiary/aromatic N) is 3. The number of methoxy groups -OCH3 is 2. The summed E-state index contributed by atoms with van der Waals surface area (Å²) in [6.07, 6.45) is 3.09. The van der Waals surface area contributed by atoms with E-state index in [9.17, 15) is 4.79 Å². The Labute approximate surface area is 266 Å². The summed E-state index contributed by atoms with van der Waals surface area (Å²) in [4.78, 5) is 23.2. The summed E-state index contributed by atoms with van der Waals surface area (Å²) in [6.45, 7) is 4.63. The minimum atomic E-state index is -0.526. The molecular weight excluding hydrogens is 590 g/mol. The van der Waals surface area contributed by atoms with Crippen LogP contribution in [0.2, 0.25) is 5.02 Å². The van der Waals surface area contributed by atoms with E-state index in [1.54, 1.807) is 14.2 Å². The third kappa shape index (κ3) is 5.10. The first-order valence-corrected chi connectivity index (χ1v) is 15.6. The molecule has 2 aromatic heterocycles. The van der Waals surface area contributed by atoms with Crippen molar-refractivity contribution in [2.45, 2.75) is 45.0 Å². The molecule has 10 heteroatoms. The molecule has 3 N–H and O–H groups in total. The van der Waals surface area contributed by atoms with E-state index < -0.39 is 12.3 Å². The number of amides is 1. The number of aromatic amines is 1. The van der Waals surface area contributed by atoms with Gasteiger partial charge in [0.15, 0.2) is 0 Å². The summed E-state index contributed by atoms with van der Waals surface area (Å²) in [7, 11) is 3.27. The number of aromatic nitrogens is 3. The van der Waals surface area contributed by atoms with Crippen LogP contribution in [0.3, 0.4) is 0 Å². The summed E-state index contributed by atoms with van der Waals surface area (Å²) in [5.74, 6) is 2.89. The number of hydrogen-bond donors (Lipinski definition) is 2. The molecule has 2 aliphatic heterocycles. The van der Waals surface area contributed by atoms with Crippen molar-refractivity contribution >= 4 is 28.4 Å². The lowest BCUT2D eigenvalue weighted by molar-refractivity contribution is -0.134. The highest BCUT2D eigenvalue weighted by atomic mass is 35.5. The van der Waals surface area contributed by atoms with E-state index in [-0.39, 0.29) is 17.9 Å². The molecule has 45 heavy (non-hydrogen) atoms. The first kappa shape index (κ1) is 29.3. The van der Waals surface area contributed by atoms with Crippen LogP contribution in [-0.2, 0) is 4.79 Å². The highest BCUT2D eigenvalue weighted by molar-refractivity contribution is 6.31. The number of likely N-dealkylation sites (tertiary alicyclic amines) is 1. The van der Waals surface area contributed by atoms with Gasteiger partial charge in [-0.25, -0.2) is 4.98 Å². The van der Waals surface area contributed by atoms with Gasteiger partial charge in [-0.1, -0.05) is 31.5 Å². The number of benzene rings is 3. The number of halogens is 1. The Balaban J connectivity index is 1.28. The second-order valence-corrected chi connectivity index (χ2v) is 12.5. The van der Waals surface area contributed by atoms with Crippen molar-refractivity contribution < 1.29 is 19.0 Å². The Morgan fingerprint density at radius 1 is 1.07 bits per heavy atom. The van der Waals surface area contributed by atoms with E-state index in [0.717, 1.165) is 63.4 Å². The smallest absolute Gasteiger partial charge is 0.240 e. The summed E-state index contributed by atoms with van der Waals surface area (Å²) in [5, 5.41) is 1.69. The van der Waals surface area contributed by atoms with Crippen LogP contribution in [0.25, 0.3) is 33.4 Å².